The van der Waals surface area contributed by atoms with E-state index in [-0.39, 0.29) is 18.0 Å². The molecule has 0 amide bonds. The van der Waals surface area contributed by atoms with Gasteiger partial charge in [0.1, 0.15) is 12.4 Å². The van der Waals surface area contributed by atoms with Gasteiger partial charge < -0.3 is 4.74 Å². The molecular weight excluding hydrogens is 262 g/mol. The molecule has 4 heteroatoms. The molecule has 0 aliphatic heterocycles. The van der Waals surface area contributed by atoms with Gasteiger partial charge in [0, 0.05) is 17.5 Å². The summed E-state index contributed by atoms with van der Waals surface area (Å²) in [7, 11) is 0. The number of carbonyl (C=O) groups is 1. The van der Waals surface area contributed by atoms with Gasteiger partial charge >= 0.3 is 0 Å². The van der Waals surface area contributed by atoms with E-state index in [1.54, 1.807) is 18.2 Å². The summed E-state index contributed by atoms with van der Waals surface area (Å²) >= 11 is 0. The maximum Gasteiger partial charge on any atom is 0.165 e. The number of ketones is 1. The van der Waals surface area contributed by atoms with Gasteiger partial charge in [-0.1, -0.05) is 12.1 Å². The fourth-order valence-electron chi connectivity index (χ4n) is 2.34. The monoisotopic (exact) mass is 274 g/mol. The molecule has 0 N–H and O–H groups in total. The topological polar surface area (TPSA) is 26.3 Å². The number of hydrogen-bond acceptors (Lipinski definition) is 2. The summed E-state index contributed by atoms with van der Waals surface area (Å²) in [5, 5.41) is 0. The molecule has 102 valence electrons. The molecule has 0 heterocycles. The summed E-state index contributed by atoms with van der Waals surface area (Å²) in [6, 6.07) is 9.19. The fraction of sp³-hybridized carbons (Fsp3) is 0.188. The van der Waals surface area contributed by atoms with Gasteiger partial charge in [0.15, 0.2) is 17.4 Å². The van der Waals surface area contributed by atoms with Gasteiger partial charge in [-0.15, -0.1) is 0 Å². The summed E-state index contributed by atoms with van der Waals surface area (Å²) in [6.07, 6.45) is 1.23. The van der Waals surface area contributed by atoms with Crippen LogP contribution < -0.4 is 4.74 Å². The number of Topliss-reactive ketones (excluding diaryl/α,β-unsaturated/α-hetero) is 1. The zero-order valence-electron chi connectivity index (χ0n) is 10.7. The highest BCUT2D eigenvalue weighted by molar-refractivity contribution is 6.00. The van der Waals surface area contributed by atoms with Crippen molar-refractivity contribution in [2.75, 3.05) is 0 Å². The van der Waals surface area contributed by atoms with Gasteiger partial charge in [-0.05, 0) is 36.2 Å². The van der Waals surface area contributed by atoms with Crippen molar-refractivity contribution < 1.29 is 18.3 Å². The summed E-state index contributed by atoms with van der Waals surface area (Å²) in [5.41, 5.74) is 1.85. The maximum atomic E-state index is 13.5. The van der Waals surface area contributed by atoms with Gasteiger partial charge in [0.25, 0.3) is 0 Å². The third-order valence-electron chi connectivity index (χ3n) is 3.42. The molecule has 1 aliphatic carbocycles. The van der Waals surface area contributed by atoms with Crippen LogP contribution in [0.4, 0.5) is 8.78 Å². The van der Waals surface area contributed by atoms with Crippen molar-refractivity contribution in [1.29, 1.82) is 0 Å². The molecular formula is C16H12F2O2. The summed E-state index contributed by atoms with van der Waals surface area (Å²) in [5.74, 6) is -1.07. The molecule has 0 aromatic heterocycles. The van der Waals surface area contributed by atoms with Crippen LogP contribution in [0, 0.1) is 11.6 Å². The Labute approximate surface area is 115 Å². The second-order valence-electron chi connectivity index (χ2n) is 4.74. The first-order chi connectivity index (χ1) is 9.65. The maximum absolute atomic E-state index is 13.5. The van der Waals surface area contributed by atoms with E-state index in [0.29, 0.717) is 18.6 Å². The molecule has 0 bridgehead atoms. The van der Waals surface area contributed by atoms with Gasteiger partial charge in [0.05, 0.1) is 0 Å². The second kappa shape index (κ2) is 5.04. The lowest BCUT2D eigenvalue weighted by Gasteiger charge is -2.09. The molecule has 2 aromatic rings. The van der Waals surface area contributed by atoms with Gasteiger partial charge in [-0.25, -0.2) is 8.78 Å². The Morgan fingerprint density at radius 2 is 1.95 bits per heavy atom. The number of rotatable bonds is 3. The highest BCUT2D eigenvalue weighted by atomic mass is 19.2. The Morgan fingerprint density at radius 3 is 2.80 bits per heavy atom. The number of fused-ring (bicyclic) bond motifs is 1. The standard InChI is InChI=1S/C16H12F2O2/c17-14-3-1-2-11(16(14)18)9-20-12-5-6-13-10(8-12)4-7-15(13)19/h1-3,5-6,8H,4,7,9H2. The SMILES string of the molecule is O=C1CCc2cc(OCc3cccc(F)c3F)ccc21. The van der Waals surface area contributed by atoms with E-state index in [0.717, 1.165) is 17.2 Å². The predicted molar refractivity (Wildman–Crippen MR) is 69.8 cm³/mol. The van der Waals surface area contributed by atoms with Crippen LogP contribution in [0.25, 0.3) is 0 Å². The van der Waals surface area contributed by atoms with E-state index in [1.807, 2.05) is 0 Å². The highest BCUT2D eigenvalue weighted by Crippen LogP contribution is 2.26. The molecule has 0 unspecified atom stereocenters. The molecule has 2 aromatic carbocycles. The third kappa shape index (κ3) is 2.29. The molecule has 3 rings (SSSR count). The number of hydrogen-bond donors (Lipinski definition) is 0. The van der Waals surface area contributed by atoms with Crippen molar-refractivity contribution in [3.63, 3.8) is 0 Å². The average molecular weight is 274 g/mol. The molecule has 2 nitrogen and oxygen atoms in total. The van der Waals surface area contributed by atoms with Crippen LogP contribution in [-0.2, 0) is 13.0 Å². The number of ether oxygens (including phenoxy) is 1. The number of benzene rings is 2. The van der Waals surface area contributed by atoms with Crippen LogP contribution in [0.3, 0.4) is 0 Å². The summed E-state index contributed by atoms with van der Waals surface area (Å²) in [4.78, 5) is 11.5. The summed E-state index contributed by atoms with van der Waals surface area (Å²) < 4.78 is 32.0. The quantitative estimate of drug-likeness (QED) is 0.853. The molecule has 0 fully saturated rings. The van der Waals surface area contributed by atoms with Crippen molar-refractivity contribution in [2.45, 2.75) is 19.4 Å². The lowest BCUT2D eigenvalue weighted by molar-refractivity contribution is 0.0994. The van der Waals surface area contributed by atoms with Crippen molar-refractivity contribution >= 4 is 5.78 Å². The van der Waals surface area contributed by atoms with Gasteiger partial charge in [-0.2, -0.15) is 0 Å². The van der Waals surface area contributed by atoms with Crippen LogP contribution >= 0.6 is 0 Å². The lowest BCUT2D eigenvalue weighted by Crippen LogP contribution is -2.01. The second-order valence-corrected chi connectivity index (χ2v) is 4.74. The Hall–Kier alpha value is -2.23. The van der Waals surface area contributed by atoms with Crippen LogP contribution in [-0.4, -0.2) is 5.78 Å². The Morgan fingerprint density at radius 1 is 1.10 bits per heavy atom. The number of aryl methyl sites for hydroxylation is 1. The Kier molecular flexibility index (Phi) is 3.22. The van der Waals surface area contributed by atoms with Crippen molar-refractivity contribution in [1.82, 2.24) is 0 Å². The van der Waals surface area contributed by atoms with Crippen LogP contribution in [0.15, 0.2) is 36.4 Å². The molecule has 0 spiro atoms. The van der Waals surface area contributed by atoms with E-state index >= 15 is 0 Å². The van der Waals surface area contributed by atoms with Gasteiger partial charge in [0.2, 0.25) is 0 Å². The van der Waals surface area contributed by atoms with Crippen molar-refractivity contribution in [3.05, 3.63) is 64.7 Å². The van der Waals surface area contributed by atoms with Crippen LogP contribution in [0.1, 0.15) is 27.9 Å². The highest BCUT2D eigenvalue weighted by Gasteiger charge is 2.19. The first kappa shape index (κ1) is 12.8. The van der Waals surface area contributed by atoms with E-state index < -0.39 is 11.6 Å². The normalized spacial score (nSPS) is 13.4. The number of halogens is 2. The van der Waals surface area contributed by atoms with Crippen molar-refractivity contribution in [2.24, 2.45) is 0 Å². The number of carbonyl (C=O) groups excluding carboxylic acids is 1. The molecule has 20 heavy (non-hydrogen) atoms. The third-order valence-corrected chi connectivity index (χ3v) is 3.42. The fourth-order valence-corrected chi connectivity index (χ4v) is 2.34. The first-order valence-electron chi connectivity index (χ1n) is 6.37. The smallest absolute Gasteiger partial charge is 0.165 e. The largest absolute Gasteiger partial charge is 0.489 e. The minimum atomic E-state index is -0.885. The zero-order chi connectivity index (χ0) is 14.1. The van der Waals surface area contributed by atoms with E-state index in [1.165, 1.54) is 12.1 Å². The molecule has 1 aliphatic rings. The Bertz CT molecular complexity index is 680. The van der Waals surface area contributed by atoms with Crippen LogP contribution in [0.5, 0.6) is 5.75 Å². The Balaban J connectivity index is 1.76. The molecule has 0 radical (unpaired) electrons. The van der Waals surface area contributed by atoms with E-state index in [2.05, 4.69) is 0 Å². The first-order valence-corrected chi connectivity index (χ1v) is 6.37. The lowest BCUT2D eigenvalue weighted by atomic mass is 10.1. The molecule has 0 saturated heterocycles. The van der Waals surface area contributed by atoms with Crippen LogP contribution in [0.2, 0.25) is 0 Å². The van der Waals surface area contributed by atoms with Crippen molar-refractivity contribution in [3.8, 4) is 5.75 Å². The van der Waals surface area contributed by atoms with E-state index in [4.69, 9.17) is 4.74 Å². The summed E-state index contributed by atoms with van der Waals surface area (Å²) in [6.45, 7) is -0.0453. The average Bonchev–Trinajstić information content (AvgIpc) is 2.82. The molecule has 0 atom stereocenters. The minimum Gasteiger partial charge on any atom is -0.489 e. The van der Waals surface area contributed by atoms with Gasteiger partial charge in [-0.3, -0.25) is 4.79 Å². The van der Waals surface area contributed by atoms with E-state index in [9.17, 15) is 13.6 Å². The molecule has 0 saturated carbocycles. The minimum absolute atomic E-state index is 0.0453. The zero-order valence-corrected chi connectivity index (χ0v) is 10.7. The predicted octanol–water partition coefficient (Wildman–Crippen LogP) is 3.67.